The van der Waals surface area contributed by atoms with Crippen molar-refractivity contribution < 1.29 is 51.0 Å². The number of carbonyl (C=O) groups excluding carboxylic acids is 5. The second kappa shape index (κ2) is 29.4. The Bertz CT molecular complexity index is 2810. The zero-order valence-electron chi connectivity index (χ0n) is 47.6. The Hall–Kier alpha value is -5.91. The van der Waals surface area contributed by atoms with Gasteiger partial charge in [0.15, 0.2) is 23.3 Å². The van der Waals surface area contributed by atoms with Gasteiger partial charge in [-0.2, -0.15) is 0 Å². The van der Waals surface area contributed by atoms with Gasteiger partial charge >= 0.3 is 12.2 Å². The zero-order chi connectivity index (χ0) is 59.2. The molecule has 4 amide bonds. The Morgan fingerprint density at radius 3 is 1.38 bits per heavy atom. The molecular formula is C58H76Br2F4N10O7. The minimum Gasteiger partial charge on any atom is -0.444 e. The maximum atomic E-state index is 13.6. The molecule has 0 radical (unpaired) electrons. The predicted molar refractivity (Wildman–Crippen MR) is 309 cm³/mol. The van der Waals surface area contributed by atoms with Crippen LogP contribution in [0, 0.1) is 23.3 Å². The van der Waals surface area contributed by atoms with E-state index in [1.165, 1.54) is 12.1 Å². The summed E-state index contributed by atoms with van der Waals surface area (Å²) >= 11 is 7.13. The summed E-state index contributed by atoms with van der Waals surface area (Å²) in [5.74, 6) is -2.25. The molecule has 1 N–H and O–H groups in total. The van der Waals surface area contributed by atoms with Crippen molar-refractivity contribution in [1.82, 2.24) is 39.8 Å². The monoisotopic (exact) mass is 1260 g/mol. The van der Waals surface area contributed by atoms with Crippen LogP contribution in [0.5, 0.6) is 0 Å². The summed E-state index contributed by atoms with van der Waals surface area (Å²) in [6.45, 7) is 25.4. The van der Waals surface area contributed by atoms with Gasteiger partial charge < -0.3 is 44.2 Å². The van der Waals surface area contributed by atoms with E-state index in [0.29, 0.717) is 80.4 Å². The number of pyridine rings is 2. The molecule has 4 aromatic rings. The number of carbonyl (C=O) groups is 5. The molecule has 4 aliphatic rings. The van der Waals surface area contributed by atoms with Crippen LogP contribution < -0.4 is 15.1 Å². The first-order chi connectivity index (χ1) is 38.3. The van der Waals surface area contributed by atoms with Crippen molar-refractivity contribution in [2.75, 3.05) is 101 Å². The van der Waals surface area contributed by atoms with E-state index in [9.17, 15) is 41.5 Å². The number of ketones is 1. The topological polar surface area (TPSA) is 164 Å². The SMILES string of the molecule is CC(C)(C)OC(=O)N1CCC(=O)CC1.CCN(Cc1ccc(F)c(F)c1)C(=O)c1cnc(N2CCN(C3CCN(C(=O)OC(C)(C)C)CC3)CC2)c(Br)c1.CCN(Cc1ccc(F)c(F)c1)C(=O)c1cnc(N2CCNCC2)c(Br)c1. The molecule has 0 bridgehead atoms. The maximum Gasteiger partial charge on any atom is 0.410 e. The normalized spacial score (nSPS) is 16.4. The van der Waals surface area contributed by atoms with E-state index in [0.717, 1.165) is 110 Å². The number of likely N-dealkylation sites (tertiary alicyclic amines) is 2. The Morgan fingerprint density at radius 2 is 1.00 bits per heavy atom. The summed E-state index contributed by atoms with van der Waals surface area (Å²) in [6.07, 6.45) is 5.36. The van der Waals surface area contributed by atoms with Crippen molar-refractivity contribution in [2.24, 2.45) is 0 Å². The molecule has 0 unspecified atom stereocenters. The van der Waals surface area contributed by atoms with E-state index in [-0.39, 0.29) is 42.9 Å². The molecule has 0 aliphatic carbocycles. The van der Waals surface area contributed by atoms with Gasteiger partial charge in [0.25, 0.3) is 11.8 Å². The summed E-state index contributed by atoms with van der Waals surface area (Å²) in [7, 11) is 0. The number of aromatic nitrogens is 2. The molecule has 6 heterocycles. The van der Waals surface area contributed by atoms with Crippen LogP contribution in [0.1, 0.15) is 113 Å². The first kappa shape index (κ1) is 64.3. The Morgan fingerprint density at radius 1 is 0.593 bits per heavy atom. The van der Waals surface area contributed by atoms with Crippen LogP contribution in [0.2, 0.25) is 0 Å². The summed E-state index contributed by atoms with van der Waals surface area (Å²) in [6, 6.07) is 11.3. The first-order valence-corrected chi connectivity index (χ1v) is 29.1. The molecule has 2 aromatic carbocycles. The molecule has 23 heteroatoms. The third-order valence-corrected chi connectivity index (χ3v) is 15.0. The molecule has 0 atom stereocenters. The Kier molecular flexibility index (Phi) is 23.3. The Labute approximate surface area is 489 Å². The number of amides is 4. The summed E-state index contributed by atoms with van der Waals surface area (Å²) in [4.78, 5) is 83.3. The number of rotatable bonds is 11. The van der Waals surface area contributed by atoms with Gasteiger partial charge in [-0.15, -0.1) is 0 Å². The molecule has 17 nitrogen and oxygen atoms in total. The van der Waals surface area contributed by atoms with Gasteiger partial charge in [0.1, 0.15) is 28.6 Å². The van der Waals surface area contributed by atoms with Crippen LogP contribution in [-0.2, 0) is 27.4 Å². The van der Waals surface area contributed by atoms with Gasteiger partial charge in [0.05, 0.1) is 20.1 Å². The molecular weight excluding hydrogens is 1180 g/mol. The molecule has 2 aromatic heterocycles. The number of nitrogens with one attached hydrogen (secondary N) is 1. The maximum absolute atomic E-state index is 13.6. The zero-order valence-corrected chi connectivity index (χ0v) is 50.8. The minimum absolute atomic E-state index is 0.171. The average Bonchev–Trinajstić information content (AvgIpc) is 3.43. The summed E-state index contributed by atoms with van der Waals surface area (Å²) in [5.41, 5.74) is 0.983. The van der Waals surface area contributed by atoms with Crippen LogP contribution in [-0.4, -0.2) is 173 Å². The molecule has 0 spiro atoms. The fourth-order valence-corrected chi connectivity index (χ4v) is 10.7. The number of piperidine rings is 2. The smallest absolute Gasteiger partial charge is 0.410 e. The molecule has 0 saturated carbocycles. The van der Waals surface area contributed by atoms with E-state index < -0.39 is 34.5 Å². The highest BCUT2D eigenvalue weighted by molar-refractivity contribution is 9.11. The lowest BCUT2D eigenvalue weighted by Gasteiger charge is -2.43. The van der Waals surface area contributed by atoms with E-state index in [4.69, 9.17) is 9.47 Å². The second-order valence-electron chi connectivity index (χ2n) is 22.2. The number of halogens is 6. The van der Waals surface area contributed by atoms with E-state index in [1.54, 1.807) is 44.1 Å². The Balaban J connectivity index is 0.000000221. The van der Waals surface area contributed by atoms with Crippen molar-refractivity contribution >= 4 is 73.3 Å². The number of hydrogen-bond donors (Lipinski definition) is 1. The highest BCUT2D eigenvalue weighted by Gasteiger charge is 2.32. The standard InChI is InChI=1S/C29H38BrF2N5O3.C19H21BrF2N4O.C10H17NO3/c1-5-34(19-20-6-7-24(31)25(32)16-20)27(38)21-17-23(30)26(33-18-21)36-14-12-35(13-15-36)22-8-10-37(11-9-22)28(39)40-29(2,3)4;1-2-25(12-13-3-4-16(21)17(22)9-13)19(27)14-10-15(20)18(24-11-14)26-7-5-23-6-8-26;1-10(2,3)14-9(13)11-6-4-8(12)5-7-11/h6-7,16-18,22H,5,8-15,19H2,1-4H3;3-4,9-11,23H,2,5-8,12H2,1H3;4-7H2,1-3H3. The van der Waals surface area contributed by atoms with Gasteiger partial charge in [0, 0.05) is 136 Å². The van der Waals surface area contributed by atoms with Crippen LogP contribution >= 0.6 is 31.9 Å². The molecule has 442 valence electrons. The predicted octanol–water partition coefficient (Wildman–Crippen LogP) is 10.1. The lowest BCUT2D eigenvalue weighted by molar-refractivity contribution is -0.121. The minimum atomic E-state index is -0.930. The molecule has 4 saturated heterocycles. The molecule has 4 fully saturated rings. The van der Waals surface area contributed by atoms with Crippen molar-refractivity contribution in [3.05, 3.63) is 115 Å². The number of nitrogens with zero attached hydrogens (tertiary/aromatic N) is 9. The van der Waals surface area contributed by atoms with E-state index >= 15 is 0 Å². The summed E-state index contributed by atoms with van der Waals surface area (Å²) < 4.78 is 65.7. The quantitative estimate of drug-likeness (QED) is 0.141. The third-order valence-electron chi connectivity index (χ3n) is 13.8. The van der Waals surface area contributed by atoms with Crippen molar-refractivity contribution in [2.45, 2.75) is 111 Å². The van der Waals surface area contributed by atoms with Gasteiger partial charge in [0.2, 0.25) is 0 Å². The van der Waals surface area contributed by atoms with Crippen LogP contribution in [0.15, 0.2) is 69.9 Å². The number of Topliss-reactive ketones (excluding diaryl/α,β-unsaturated/α-hetero) is 1. The van der Waals surface area contributed by atoms with Crippen LogP contribution in [0.4, 0.5) is 38.8 Å². The van der Waals surface area contributed by atoms with Gasteiger partial charge in [-0.25, -0.2) is 37.1 Å². The van der Waals surface area contributed by atoms with Crippen LogP contribution in [0.3, 0.4) is 0 Å². The largest absolute Gasteiger partial charge is 0.444 e. The first-order valence-electron chi connectivity index (χ1n) is 27.5. The van der Waals surface area contributed by atoms with Gasteiger partial charge in [-0.3, -0.25) is 19.3 Å². The third kappa shape index (κ3) is 19.1. The summed E-state index contributed by atoms with van der Waals surface area (Å²) in [5, 5.41) is 3.29. The average molecular weight is 1260 g/mol. The van der Waals surface area contributed by atoms with Crippen molar-refractivity contribution in [3.8, 4) is 0 Å². The number of piperazine rings is 2. The van der Waals surface area contributed by atoms with Crippen molar-refractivity contribution in [3.63, 3.8) is 0 Å². The molecule has 4 aliphatic heterocycles. The van der Waals surface area contributed by atoms with Crippen LogP contribution in [0.25, 0.3) is 0 Å². The van der Waals surface area contributed by atoms with Crippen molar-refractivity contribution in [1.29, 1.82) is 0 Å². The van der Waals surface area contributed by atoms with E-state index in [1.807, 2.05) is 55.4 Å². The van der Waals surface area contributed by atoms with E-state index in [2.05, 4.69) is 61.8 Å². The molecule has 81 heavy (non-hydrogen) atoms. The fraction of sp³-hybridized carbons (Fsp3) is 0.534. The lowest BCUT2D eigenvalue weighted by Crippen LogP contribution is -2.54. The highest BCUT2D eigenvalue weighted by atomic mass is 79.9. The number of anilines is 2. The number of benzene rings is 2. The van der Waals surface area contributed by atoms with Gasteiger partial charge in [-0.1, -0.05) is 12.1 Å². The molecule has 8 rings (SSSR count). The van der Waals surface area contributed by atoms with Gasteiger partial charge in [-0.05, 0) is 148 Å². The fourth-order valence-electron chi connectivity index (χ4n) is 9.48. The highest BCUT2D eigenvalue weighted by Crippen LogP contribution is 2.29. The number of hydrogen-bond acceptors (Lipinski definition) is 13. The second-order valence-corrected chi connectivity index (χ2v) is 23.9. The lowest BCUT2D eigenvalue weighted by atomic mass is 10.0. The number of ether oxygens (including phenoxy) is 2.